The SMILES string of the molecule is NC(=O)CS(=O)(=O)Cc1ccc(C(N)=S)cc1. The second-order valence-electron chi connectivity index (χ2n) is 3.56. The molecule has 0 unspecified atom stereocenters. The van der Waals surface area contributed by atoms with Crippen LogP contribution >= 0.6 is 12.2 Å². The molecule has 0 radical (unpaired) electrons. The van der Waals surface area contributed by atoms with E-state index in [9.17, 15) is 13.2 Å². The Kier molecular flexibility index (Phi) is 4.19. The molecular weight excluding hydrogens is 260 g/mol. The Morgan fingerprint density at radius 1 is 1.18 bits per heavy atom. The van der Waals surface area contributed by atoms with E-state index in [0.717, 1.165) is 0 Å². The molecule has 0 aliphatic rings. The van der Waals surface area contributed by atoms with Crippen molar-refractivity contribution in [3.63, 3.8) is 0 Å². The van der Waals surface area contributed by atoms with Crippen LogP contribution in [0.5, 0.6) is 0 Å². The van der Waals surface area contributed by atoms with Crippen molar-refractivity contribution < 1.29 is 13.2 Å². The van der Waals surface area contributed by atoms with E-state index in [-0.39, 0.29) is 10.7 Å². The van der Waals surface area contributed by atoms with Gasteiger partial charge in [0.1, 0.15) is 10.7 Å². The molecule has 92 valence electrons. The van der Waals surface area contributed by atoms with Gasteiger partial charge in [0, 0.05) is 5.56 Å². The predicted molar refractivity (Wildman–Crippen MR) is 69.0 cm³/mol. The van der Waals surface area contributed by atoms with Gasteiger partial charge in [-0.05, 0) is 5.56 Å². The Morgan fingerprint density at radius 2 is 1.71 bits per heavy atom. The van der Waals surface area contributed by atoms with E-state index >= 15 is 0 Å². The van der Waals surface area contributed by atoms with Crippen LogP contribution in [0.1, 0.15) is 11.1 Å². The molecule has 0 saturated carbocycles. The number of sulfone groups is 1. The van der Waals surface area contributed by atoms with Crippen LogP contribution in [0.25, 0.3) is 0 Å². The standard InChI is InChI=1S/C10H12N2O3S2/c11-9(13)6-17(14,15)5-7-1-3-8(4-2-7)10(12)16/h1-4H,5-6H2,(H2,11,13)(H2,12,16). The van der Waals surface area contributed by atoms with Crippen LogP contribution < -0.4 is 11.5 Å². The Balaban J connectivity index is 2.82. The minimum atomic E-state index is -3.51. The van der Waals surface area contributed by atoms with Crippen molar-refractivity contribution in [1.82, 2.24) is 0 Å². The fourth-order valence-electron chi connectivity index (χ4n) is 1.29. The molecule has 0 bridgehead atoms. The van der Waals surface area contributed by atoms with Crippen LogP contribution in [0.2, 0.25) is 0 Å². The molecule has 1 amide bonds. The van der Waals surface area contributed by atoms with Crippen molar-refractivity contribution in [2.75, 3.05) is 5.75 Å². The number of amides is 1. The Labute approximate surface area is 105 Å². The molecule has 0 spiro atoms. The Bertz CT molecular complexity index is 535. The first-order valence-corrected chi connectivity index (χ1v) is 6.90. The summed E-state index contributed by atoms with van der Waals surface area (Å²) in [6.07, 6.45) is 0. The summed E-state index contributed by atoms with van der Waals surface area (Å²) in [7, 11) is -3.51. The maximum absolute atomic E-state index is 11.5. The van der Waals surface area contributed by atoms with Crippen molar-refractivity contribution >= 4 is 33.0 Å². The number of thiocarbonyl (C=S) groups is 1. The van der Waals surface area contributed by atoms with Gasteiger partial charge in [-0.3, -0.25) is 4.79 Å². The highest BCUT2D eigenvalue weighted by Crippen LogP contribution is 2.09. The molecule has 0 saturated heterocycles. The summed E-state index contributed by atoms with van der Waals surface area (Å²) >= 11 is 4.77. The molecule has 4 N–H and O–H groups in total. The number of carbonyl (C=O) groups is 1. The number of primary amides is 1. The largest absolute Gasteiger partial charge is 0.389 e. The molecule has 0 heterocycles. The summed E-state index contributed by atoms with van der Waals surface area (Å²) in [6.45, 7) is 0. The van der Waals surface area contributed by atoms with Crippen LogP contribution in [0.3, 0.4) is 0 Å². The monoisotopic (exact) mass is 272 g/mol. The van der Waals surface area contributed by atoms with Gasteiger partial charge in [0.05, 0.1) is 5.75 Å². The summed E-state index contributed by atoms with van der Waals surface area (Å²) < 4.78 is 23.0. The molecule has 0 aliphatic heterocycles. The molecule has 0 fully saturated rings. The number of benzene rings is 1. The van der Waals surface area contributed by atoms with Crippen molar-refractivity contribution in [2.45, 2.75) is 5.75 Å². The second-order valence-corrected chi connectivity index (χ2v) is 6.06. The topological polar surface area (TPSA) is 103 Å². The van der Waals surface area contributed by atoms with Crippen LogP contribution in [-0.4, -0.2) is 25.1 Å². The average molecular weight is 272 g/mol. The molecule has 0 aliphatic carbocycles. The van der Waals surface area contributed by atoms with Crippen LogP contribution in [-0.2, 0) is 20.4 Å². The summed E-state index contributed by atoms with van der Waals surface area (Å²) in [5.74, 6) is -1.73. The molecular formula is C10H12N2O3S2. The number of hydrogen-bond donors (Lipinski definition) is 2. The molecule has 7 heteroatoms. The molecule has 0 atom stereocenters. The summed E-state index contributed by atoms with van der Waals surface area (Å²) in [5.41, 5.74) is 11.5. The van der Waals surface area contributed by atoms with Gasteiger partial charge in [-0.25, -0.2) is 8.42 Å². The molecule has 17 heavy (non-hydrogen) atoms. The van der Waals surface area contributed by atoms with E-state index in [1.807, 2.05) is 0 Å². The van der Waals surface area contributed by atoms with Gasteiger partial charge in [-0.15, -0.1) is 0 Å². The zero-order chi connectivity index (χ0) is 13.1. The summed E-state index contributed by atoms with van der Waals surface area (Å²) in [6, 6.07) is 6.48. The van der Waals surface area contributed by atoms with Gasteiger partial charge in [0.2, 0.25) is 5.91 Å². The first-order chi connectivity index (χ1) is 7.80. The highest BCUT2D eigenvalue weighted by Gasteiger charge is 2.15. The first-order valence-electron chi connectivity index (χ1n) is 4.67. The number of rotatable bonds is 5. The van der Waals surface area contributed by atoms with Gasteiger partial charge < -0.3 is 11.5 Å². The zero-order valence-corrected chi connectivity index (χ0v) is 10.6. The highest BCUT2D eigenvalue weighted by molar-refractivity contribution is 7.91. The van der Waals surface area contributed by atoms with E-state index < -0.39 is 21.5 Å². The van der Waals surface area contributed by atoms with E-state index in [4.69, 9.17) is 23.7 Å². The Morgan fingerprint density at radius 3 is 2.12 bits per heavy atom. The lowest BCUT2D eigenvalue weighted by Crippen LogP contribution is -2.24. The molecule has 5 nitrogen and oxygen atoms in total. The smallest absolute Gasteiger partial charge is 0.232 e. The van der Waals surface area contributed by atoms with Crippen LogP contribution in [0, 0.1) is 0 Å². The first kappa shape index (κ1) is 13.6. The summed E-state index contributed by atoms with van der Waals surface area (Å²) in [5, 5.41) is 0. The zero-order valence-electron chi connectivity index (χ0n) is 8.92. The summed E-state index contributed by atoms with van der Waals surface area (Å²) in [4.78, 5) is 10.8. The maximum Gasteiger partial charge on any atom is 0.232 e. The fraction of sp³-hybridized carbons (Fsp3) is 0.200. The van der Waals surface area contributed by atoms with Crippen molar-refractivity contribution in [1.29, 1.82) is 0 Å². The fourth-order valence-corrected chi connectivity index (χ4v) is 2.66. The van der Waals surface area contributed by atoms with Gasteiger partial charge in [0.15, 0.2) is 9.84 Å². The lowest BCUT2D eigenvalue weighted by atomic mass is 10.1. The van der Waals surface area contributed by atoms with Crippen molar-refractivity contribution in [3.05, 3.63) is 35.4 Å². The minimum Gasteiger partial charge on any atom is -0.389 e. The van der Waals surface area contributed by atoms with E-state index in [2.05, 4.69) is 0 Å². The maximum atomic E-state index is 11.5. The van der Waals surface area contributed by atoms with Crippen LogP contribution in [0.15, 0.2) is 24.3 Å². The van der Waals surface area contributed by atoms with Gasteiger partial charge in [-0.1, -0.05) is 36.5 Å². The van der Waals surface area contributed by atoms with E-state index in [1.54, 1.807) is 24.3 Å². The third-order valence-electron chi connectivity index (χ3n) is 1.99. The molecule has 1 aromatic rings. The van der Waals surface area contributed by atoms with Gasteiger partial charge in [-0.2, -0.15) is 0 Å². The molecule has 0 aromatic heterocycles. The van der Waals surface area contributed by atoms with E-state index in [1.165, 1.54) is 0 Å². The predicted octanol–water partition coefficient (Wildman–Crippen LogP) is -0.279. The lowest BCUT2D eigenvalue weighted by Gasteiger charge is -2.03. The number of nitrogens with two attached hydrogens (primary N) is 2. The quantitative estimate of drug-likeness (QED) is 0.718. The third kappa shape index (κ3) is 4.49. The van der Waals surface area contributed by atoms with Crippen molar-refractivity contribution in [2.24, 2.45) is 11.5 Å². The normalized spacial score (nSPS) is 11.1. The van der Waals surface area contributed by atoms with E-state index in [0.29, 0.717) is 11.1 Å². The van der Waals surface area contributed by atoms with Crippen molar-refractivity contribution in [3.8, 4) is 0 Å². The molecule has 1 aromatic carbocycles. The third-order valence-corrected chi connectivity index (χ3v) is 3.72. The highest BCUT2D eigenvalue weighted by atomic mass is 32.2. The van der Waals surface area contributed by atoms with Gasteiger partial charge >= 0.3 is 0 Å². The Hall–Kier alpha value is -1.47. The lowest BCUT2D eigenvalue weighted by molar-refractivity contribution is -0.115. The second kappa shape index (κ2) is 5.24. The van der Waals surface area contributed by atoms with Gasteiger partial charge in [0.25, 0.3) is 0 Å². The number of hydrogen-bond acceptors (Lipinski definition) is 4. The number of carbonyl (C=O) groups excluding carboxylic acids is 1. The average Bonchev–Trinajstić information content (AvgIpc) is 2.15. The van der Waals surface area contributed by atoms with Crippen LogP contribution in [0.4, 0.5) is 0 Å². The molecule has 1 rings (SSSR count). The minimum absolute atomic E-state index is 0.229.